The highest BCUT2D eigenvalue weighted by molar-refractivity contribution is 7.92. The molecule has 1 amide bonds. The Morgan fingerprint density at radius 1 is 0.909 bits per heavy atom. The van der Waals surface area contributed by atoms with E-state index in [1.54, 1.807) is 30.3 Å². The molecule has 0 bridgehead atoms. The molecule has 0 aromatic heterocycles. The number of amides is 1. The van der Waals surface area contributed by atoms with E-state index in [0.717, 1.165) is 11.1 Å². The van der Waals surface area contributed by atoms with Crippen LogP contribution in [0.1, 0.15) is 21.5 Å². The SMILES string of the molecule is COc1ccccc1CNC(=O)COC(=O)c1ccc(S(=O)(=O)Nc2ccc(C)cc2)cc1. The van der Waals surface area contributed by atoms with E-state index >= 15 is 0 Å². The van der Waals surface area contributed by atoms with Gasteiger partial charge in [-0.1, -0.05) is 35.9 Å². The fraction of sp³-hybridized carbons (Fsp3) is 0.167. The molecule has 8 nitrogen and oxygen atoms in total. The van der Waals surface area contributed by atoms with Crippen molar-refractivity contribution in [3.63, 3.8) is 0 Å². The normalized spacial score (nSPS) is 10.8. The van der Waals surface area contributed by atoms with Crippen LogP contribution in [-0.2, 0) is 26.1 Å². The number of aryl methyl sites for hydroxylation is 1. The fourth-order valence-corrected chi connectivity index (χ4v) is 3.97. The van der Waals surface area contributed by atoms with Crippen LogP contribution in [0.3, 0.4) is 0 Å². The van der Waals surface area contributed by atoms with Gasteiger partial charge in [0.1, 0.15) is 5.75 Å². The Bertz CT molecular complexity index is 1220. The van der Waals surface area contributed by atoms with E-state index in [9.17, 15) is 18.0 Å². The Morgan fingerprint density at radius 3 is 2.24 bits per heavy atom. The van der Waals surface area contributed by atoms with Crippen molar-refractivity contribution in [1.29, 1.82) is 0 Å². The summed E-state index contributed by atoms with van der Waals surface area (Å²) in [6.45, 7) is 1.66. The predicted octanol–water partition coefficient (Wildman–Crippen LogP) is 3.28. The third kappa shape index (κ3) is 6.56. The lowest BCUT2D eigenvalue weighted by atomic mass is 10.2. The number of sulfonamides is 1. The third-order valence-corrected chi connectivity index (χ3v) is 6.10. The maximum absolute atomic E-state index is 12.5. The molecule has 0 heterocycles. The standard InChI is InChI=1S/C24H24N2O6S/c1-17-7-11-20(12-8-17)26-33(29,30)21-13-9-18(10-14-21)24(28)32-16-23(27)25-15-19-5-3-4-6-22(19)31-2/h3-14,26H,15-16H2,1-2H3,(H,25,27). The topological polar surface area (TPSA) is 111 Å². The summed E-state index contributed by atoms with van der Waals surface area (Å²) in [6.07, 6.45) is 0. The van der Waals surface area contributed by atoms with Gasteiger partial charge in [0, 0.05) is 17.8 Å². The summed E-state index contributed by atoms with van der Waals surface area (Å²) >= 11 is 0. The molecular weight excluding hydrogens is 444 g/mol. The molecule has 0 aliphatic heterocycles. The van der Waals surface area contributed by atoms with Gasteiger partial charge in [-0.2, -0.15) is 0 Å². The fourth-order valence-electron chi connectivity index (χ4n) is 2.91. The average molecular weight is 469 g/mol. The van der Waals surface area contributed by atoms with Crippen molar-refractivity contribution in [3.05, 3.63) is 89.5 Å². The highest BCUT2D eigenvalue weighted by Crippen LogP contribution is 2.18. The van der Waals surface area contributed by atoms with Crippen molar-refractivity contribution in [2.75, 3.05) is 18.4 Å². The molecule has 33 heavy (non-hydrogen) atoms. The molecule has 3 aromatic carbocycles. The van der Waals surface area contributed by atoms with Crippen LogP contribution in [0.2, 0.25) is 0 Å². The van der Waals surface area contributed by atoms with Crippen LogP contribution in [-0.4, -0.2) is 34.0 Å². The molecule has 9 heteroatoms. The number of rotatable bonds is 9. The Hall–Kier alpha value is -3.85. The third-order valence-electron chi connectivity index (χ3n) is 4.71. The van der Waals surface area contributed by atoms with Crippen LogP contribution in [0.4, 0.5) is 5.69 Å². The Balaban J connectivity index is 1.53. The molecular formula is C24H24N2O6S. The van der Waals surface area contributed by atoms with Crippen LogP contribution in [0.25, 0.3) is 0 Å². The van der Waals surface area contributed by atoms with Gasteiger partial charge in [0.25, 0.3) is 15.9 Å². The summed E-state index contributed by atoms with van der Waals surface area (Å²) < 4.78 is 37.8. The summed E-state index contributed by atoms with van der Waals surface area (Å²) in [5.74, 6) is -0.574. The number of ether oxygens (including phenoxy) is 2. The summed E-state index contributed by atoms with van der Waals surface area (Å²) in [5, 5.41) is 2.65. The van der Waals surface area contributed by atoms with Gasteiger partial charge in [-0.25, -0.2) is 13.2 Å². The van der Waals surface area contributed by atoms with Gasteiger partial charge in [-0.05, 0) is 49.4 Å². The van der Waals surface area contributed by atoms with Crippen LogP contribution in [0.5, 0.6) is 5.75 Å². The van der Waals surface area contributed by atoms with Crippen LogP contribution in [0.15, 0.2) is 77.7 Å². The molecule has 0 saturated heterocycles. The molecule has 172 valence electrons. The zero-order valence-electron chi connectivity index (χ0n) is 18.2. The second-order valence-electron chi connectivity index (χ2n) is 7.16. The molecule has 0 atom stereocenters. The lowest BCUT2D eigenvalue weighted by Crippen LogP contribution is -2.28. The van der Waals surface area contributed by atoms with Gasteiger partial charge in [-0.3, -0.25) is 9.52 Å². The zero-order chi connectivity index (χ0) is 23.8. The van der Waals surface area contributed by atoms with E-state index < -0.39 is 28.5 Å². The molecule has 0 fully saturated rings. The minimum atomic E-state index is -3.81. The first kappa shape index (κ1) is 23.8. The number of methoxy groups -OCH3 is 1. The van der Waals surface area contributed by atoms with Crippen LogP contribution < -0.4 is 14.8 Å². The predicted molar refractivity (Wildman–Crippen MR) is 124 cm³/mol. The van der Waals surface area contributed by atoms with Gasteiger partial charge in [-0.15, -0.1) is 0 Å². The largest absolute Gasteiger partial charge is 0.496 e. The van der Waals surface area contributed by atoms with Crippen molar-refractivity contribution < 1.29 is 27.5 Å². The minimum Gasteiger partial charge on any atom is -0.496 e. The lowest BCUT2D eigenvalue weighted by molar-refractivity contribution is -0.124. The minimum absolute atomic E-state index is 0.00539. The highest BCUT2D eigenvalue weighted by atomic mass is 32.2. The number of nitrogens with one attached hydrogen (secondary N) is 2. The lowest BCUT2D eigenvalue weighted by Gasteiger charge is -2.10. The average Bonchev–Trinajstić information content (AvgIpc) is 2.82. The Labute approximate surface area is 192 Å². The molecule has 0 aliphatic carbocycles. The van der Waals surface area contributed by atoms with Crippen molar-refractivity contribution >= 4 is 27.6 Å². The van der Waals surface area contributed by atoms with E-state index in [4.69, 9.17) is 9.47 Å². The summed E-state index contributed by atoms with van der Waals surface area (Å²) in [5.41, 5.74) is 2.36. The maximum Gasteiger partial charge on any atom is 0.338 e. The summed E-state index contributed by atoms with van der Waals surface area (Å²) in [6, 6.07) is 19.4. The Morgan fingerprint density at radius 2 is 1.58 bits per heavy atom. The number of carbonyl (C=O) groups excluding carboxylic acids is 2. The van der Waals surface area contributed by atoms with Crippen molar-refractivity contribution in [2.24, 2.45) is 0 Å². The number of hydrogen-bond acceptors (Lipinski definition) is 6. The molecule has 0 saturated carbocycles. The Kier molecular flexibility index (Phi) is 7.68. The van der Waals surface area contributed by atoms with E-state index in [1.807, 2.05) is 25.1 Å². The van der Waals surface area contributed by atoms with Crippen LogP contribution in [0, 0.1) is 6.92 Å². The van der Waals surface area contributed by atoms with Crippen molar-refractivity contribution in [2.45, 2.75) is 18.4 Å². The monoisotopic (exact) mass is 468 g/mol. The molecule has 0 spiro atoms. The van der Waals surface area contributed by atoms with Gasteiger partial charge >= 0.3 is 5.97 Å². The molecule has 0 aliphatic rings. The van der Waals surface area contributed by atoms with Crippen molar-refractivity contribution in [1.82, 2.24) is 5.32 Å². The number of carbonyl (C=O) groups is 2. The molecule has 0 unspecified atom stereocenters. The first-order valence-electron chi connectivity index (χ1n) is 10.0. The van der Waals surface area contributed by atoms with E-state index in [2.05, 4.69) is 10.0 Å². The first-order chi connectivity index (χ1) is 15.8. The number of anilines is 1. The summed E-state index contributed by atoms with van der Waals surface area (Å²) in [4.78, 5) is 24.2. The van der Waals surface area contributed by atoms with Gasteiger partial charge in [0.2, 0.25) is 0 Å². The second kappa shape index (κ2) is 10.6. The first-order valence-corrected chi connectivity index (χ1v) is 11.5. The number of para-hydroxylation sites is 1. The quantitative estimate of drug-likeness (QED) is 0.467. The van der Waals surface area contributed by atoms with Gasteiger partial charge < -0.3 is 14.8 Å². The van der Waals surface area contributed by atoms with E-state index in [0.29, 0.717) is 11.4 Å². The molecule has 2 N–H and O–H groups in total. The smallest absolute Gasteiger partial charge is 0.338 e. The molecule has 3 rings (SSSR count). The number of hydrogen-bond donors (Lipinski definition) is 2. The highest BCUT2D eigenvalue weighted by Gasteiger charge is 2.16. The van der Waals surface area contributed by atoms with E-state index in [1.165, 1.54) is 31.4 Å². The van der Waals surface area contributed by atoms with Gasteiger partial charge in [0.05, 0.1) is 17.6 Å². The number of benzene rings is 3. The second-order valence-corrected chi connectivity index (χ2v) is 8.84. The zero-order valence-corrected chi connectivity index (χ0v) is 19.0. The van der Waals surface area contributed by atoms with E-state index in [-0.39, 0.29) is 17.0 Å². The van der Waals surface area contributed by atoms with Gasteiger partial charge in [0.15, 0.2) is 6.61 Å². The van der Waals surface area contributed by atoms with Crippen LogP contribution >= 0.6 is 0 Å². The molecule has 3 aromatic rings. The summed E-state index contributed by atoms with van der Waals surface area (Å²) in [7, 11) is -2.27. The van der Waals surface area contributed by atoms with Crippen molar-refractivity contribution in [3.8, 4) is 5.75 Å². The molecule has 0 radical (unpaired) electrons. The number of esters is 1. The maximum atomic E-state index is 12.5.